The Hall–Kier alpha value is -0.810. The van der Waals surface area contributed by atoms with Gasteiger partial charge >= 0.3 is 5.97 Å². The van der Waals surface area contributed by atoms with E-state index in [1.807, 2.05) is 31.2 Å². The van der Waals surface area contributed by atoms with Crippen LogP contribution in [0.3, 0.4) is 0 Å². The molecule has 4 nitrogen and oxygen atoms in total. The van der Waals surface area contributed by atoms with E-state index >= 15 is 0 Å². The maximum Gasteiger partial charge on any atom is 0.338 e. The molecule has 2 atom stereocenters. The summed E-state index contributed by atoms with van der Waals surface area (Å²) in [5.74, 6) is -0.329. The molecule has 0 aliphatic heterocycles. The summed E-state index contributed by atoms with van der Waals surface area (Å²) in [4.78, 5) is 12.0. The minimum atomic E-state index is -1.33. The topological polar surface area (TPSA) is 52.6 Å². The highest BCUT2D eigenvalue weighted by molar-refractivity contribution is 8.32. The number of methoxy groups -OCH3 is 1. The van der Waals surface area contributed by atoms with E-state index in [9.17, 15) is 9.36 Å². The maximum atomic E-state index is 12.0. The number of esters is 1. The van der Waals surface area contributed by atoms with Gasteiger partial charge in [0.25, 0.3) is 0 Å². The lowest BCUT2D eigenvalue weighted by atomic mass is 10.0. The molecule has 7 heteroatoms. The molecule has 0 aliphatic carbocycles. The van der Waals surface area contributed by atoms with Crippen molar-refractivity contribution < 1.29 is 18.8 Å². The zero-order valence-corrected chi connectivity index (χ0v) is 16.3. The standard InChI is InChI=1S/C16H23O4PS2/c1-4-16(2,19-3)15(17)20-11-9-13-5-7-14(8-6-13)10-12-21(18)23-22/h5-8H,4,9-12H2,1-3H3. The Morgan fingerprint density at radius 2 is 1.83 bits per heavy atom. The number of carbonyl (C=O) groups excluding carboxylic acids is 1. The van der Waals surface area contributed by atoms with Crippen LogP contribution in [0, 0.1) is 0 Å². The van der Waals surface area contributed by atoms with E-state index in [4.69, 9.17) is 20.7 Å². The Kier molecular flexibility index (Phi) is 8.92. The highest BCUT2D eigenvalue weighted by atomic mass is 32.9. The molecule has 0 amide bonds. The molecule has 0 N–H and O–H groups in total. The lowest BCUT2D eigenvalue weighted by Crippen LogP contribution is -2.38. The van der Waals surface area contributed by atoms with Crippen molar-refractivity contribution in [2.45, 2.75) is 38.7 Å². The number of hydrogen-bond acceptors (Lipinski definition) is 5. The van der Waals surface area contributed by atoms with E-state index in [1.165, 1.54) is 7.11 Å². The number of rotatable bonds is 9. The number of benzene rings is 1. The normalized spacial score (nSPS) is 14.0. The lowest BCUT2D eigenvalue weighted by Gasteiger charge is -2.24. The van der Waals surface area contributed by atoms with Crippen molar-refractivity contribution >= 4 is 33.2 Å². The summed E-state index contributed by atoms with van der Waals surface area (Å²) in [6, 6.07) is 8.04. The summed E-state index contributed by atoms with van der Waals surface area (Å²) < 4.78 is 21.9. The molecule has 0 bridgehead atoms. The Bertz CT molecular complexity index is 613. The van der Waals surface area contributed by atoms with Gasteiger partial charge in [-0.3, -0.25) is 4.57 Å². The molecule has 0 radical (unpaired) electrons. The lowest BCUT2D eigenvalue weighted by molar-refractivity contribution is -0.167. The van der Waals surface area contributed by atoms with E-state index < -0.39 is 12.2 Å². The Morgan fingerprint density at radius 1 is 1.26 bits per heavy atom. The minimum absolute atomic E-state index is 0.329. The molecule has 0 fully saturated rings. The molecule has 2 unspecified atom stereocenters. The number of ether oxygens (including phenoxy) is 2. The first-order valence-electron chi connectivity index (χ1n) is 7.50. The summed E-state index contributed by atoms with van der Waals surface area (Å²) in [5.41, 5.74) is 1.36. The van der Waals surface area contributed by atoms with E-state index in [0.29, 0.717) is 25.6 Å². The highest BCUT2D eigenvalue weighted by Gasteiger charge is 2.32. The molecule has 1 rings (SSSR count). The number of aryl methyl sites for hydroxylation is 1. The molecule has 0 saturated carbocycles. The van der Waals surface area contributed by atoms with Gasteiger partial charge in [0, 0.05) is 19.7 Å². The van der Waals surface area contributed by atoms with Crippen molar-refractivity contribution in [3.8, 4) is 0 Å². The average molecular weight is 374 g/mol. The van der Waals surface area contributed by atoms with Gasteiger partial charge in [0.1, 0.15) is 0 Å². The maximum absolute atomic E-state index is 12.0. The molecule has 23 heavy (non-hydrogen) atoms. The van der Waals surface area contributed by atoms with Crippen molar-refractivity contribution in [1.82, 2.24) is 0 Å². The summed E-state index contributed by atoms with van der Waals surface area (Å²) in [5, 5.41) is 0. The van der Waals surface area contributed by atoms with Crippen LogP contribution < -0.4 is 0 Å². The molecule has 0 saturated heterocycles. The summed E-state index contributed by atoms with van der Waals surface area (Å²) in [6.07, 6.45) is 2.59. The predicted octanol–water partition coefficient (Wildman–Crippen LogP) is 3.42. The third-order valence-corrected chi connectivity index (χ3v) is 7.17. The van der Waals surface area contributed by atoms with Gasteiger partial charge in [-0.2, -0.15) is 0 Å². The zero-order chi connectivity index (χ0) is 17.3. The van der Waals surface area contributed by atoms with E-state index in [1.54, 1.807) is 6.92 Å². The van der Waals surface area contributed by atoms with Gasteiger partial charge in [0.2, 0.25) is 0 Å². The van der Waals surface area contributed by atoms with Crippen LogP contribution in [0.5, 0.6) is 0 Å². The van der Waals surface area contributed by atoms with Crippen LogP contribution in [0.25, 0.3) is 0 Å². The average Bonchev–Trinajstić information content (AvgIpc) is 2.59. The SMILES string of the molecule is CCC(C)(OC)C(=O)OCCc1ccc(CCP(=O)=S=S)cc1. The number of hydrogen-bond donors (Lipinski definition) is 0. The molecule has 0 heterocycles. The van der Waals surface area contributed by atoms with E-state index in [2.05, 4.69) is 0 Å². The second kappa shape index (κ2) is 10.1. The fraction of sp³-hybridized carbons (Fsp3) is 0.562. The highest BCUT2D eigenvalue weighted by Crippen LogP contribution is 2.16. The fourth-order valence-corrected chi connectivity index (χ4v) is 3.60. The molecular weight excluding hydrogens is 351 g/mol. The quantitative estimate of drug-likeness (QED) is 0.490. The Balaban J connectivity index is 2.46. The third kappa shape index (κ3) is 6.68. The van der Waals surface area contributed by atoms with E-state index in [-0.39, 0.29) is 5.97 Å². The monoisotopic (exact) mass is 374 g/mol. The van der Waals surface area contributed by atoms with Gasteiger partial charge in [-0.15, -0.1) is 0 Å². The molecule has 0 aliphatic rings. The Labute approximate surface area is 146 Å². The minimum Gasteiger partial charge on any atom is -0.463 e. The molecule has 128 valence electrons. The van der Waals surface area contributed by atoms with E-state index in [0.717, 1.165) is 27.0 Å². The molecule has 1 aromatic rings. The van der Waals surface area contributed by atoms with Gasteiger partial charge in [-0.1, -0.05) is 31.2 Å². The van der Waals surface area contributed by atoms with Gasteiger partial charge < -0.3 is 9.47 Å². The van der Waals surface area contributed by atoms with Gasteiger partial charge in [0.15, 0.2) is 12.2 Å². The second-order valence-electron chi connectivity index (χ2n) is 5.37. The zero-order valence-electron chi connectivity index (χ0n) is 13.7. The van der Waals surface area contributed by atoms with Crippen LogP contribution in [0.1, 0.15) is 31.4 Å². The summed E-state index contributed by atoms with van der Waals surface area (Å²) in [7, 11) is 2.52. The van der Waals surface area contributed by atoms with Gasteiger partial charge in [-0.05, 0) is 51.6 Å². The van der Waals surface area contributed by atoms with Crippen LogP contribution in [-0.4, -0.2) is 31.4 Å². The van der Waals surface area contributed by atoms with Gasteiger partial charge in [0.05, 0.1) is 6.61 Å². The molecular formula is C16H23O4PS2. The van der Waals surface area contributed by atoms with Crippen molar-refractivity contribution in [3.63, 3.8) is 0 Å². The van der Waals surface area contributed by atoms with Crippen molar-refractivity contribution in [2.75, 3.05) is 19.9 Å². The van der Waals surface area contributed by atoms with Crippen LogP contribution >= 0.6 is 6.58 Å². The fourth-order valence-electron chi connectivity index (χ4n) is 1.92. The van der Waals surface area contributed by atoms with Crippen LogP contribution in [0.15, 0.2) is 24.3 Å². The van der Waals surface area contributed by atoms with Crippen LogP contribution in [-0.2, 0) is 52.4 Å². The van der Waals surface area contributed by atoms with Crippen molar-refractivity contribution in [3.05, 3.63) is 35.4 Å². The van der Waals surface area contributed by atoms with Crippen molar-refractivity contribution in [2.24, 2.45) is 0 Å². The number of carbonyl (C=O) groups is 1. The summed E-state index contributed by atoms with van der Waals surface area (Å²) in [6.45, 7) is 2.62. The third-order valence-electron chi connectivity index (χ3n) is 3.87. The molecule has 1 aromatic carbocycles. The van der Waals surface area contributed by atoms with Crippen molar-refractivity contribution in [1.29, 1.82) is 0 Å². The Morgan fingerprint density at radius 3 is 2.30 bits per heavy atom. The first-order chi connectivity index (χ1) is 10.9. The van der Waals surface area contributed by atoms with Gasteiger partial charge in [-0.25, -0.2) is 4.79 Å². The van der Waals surface area contributed by atoms with Crippen LogP contribution in [0.4, 0.5) is 0 Å². The second-order valence-corrected chi connectivity index (χ2v) is 9.64. The largest absolute Gasteiger partial charge is 0.463 e. The van der Waals surface area contributed by atoms with Crippen LogP contribution in [0.2, 0.25) is 0 Å². The predicted molar refractivity (Wildman–Crippen MR) is 97.7 cm³/mol. The summed E-state index contributed by atoms with van der Waals surface area (Å²) >= 11 is 4.71. The first kappa shape index (κ1) is 20.2. The molecule has 0 aromatic heterocycles. The smallest absolute Gasteiger partial charge is 0.338 e. The molecule has 0 spiro atoms. The first-order valence-corrected chi connectivity index (χ1v) is 11.3.